The summed E-state index contributed by atoms with van der Waals surface area (Å²) >= 11 is 0. The fourth-order valence-corrected chi connectivity index (χ4v) is 3.07. The molecule has 0 aromatic heterocycles. The number of morpholine rings is 1. The largest absolute Gasteiger partial charge is 0.491 e. The molecule has 31 heavy (non-hydrogen) atoms. The van der Waals surface area contributed by atoms with Crippen molar-refractivity contribution in [2.75, 3.05) is 43.6 Å². The second-order valence-corrected chi connectivity index (χ2v) is 6.45. The van der Waals surface area contributed by atoms with E-state index in [0.717, 1.165) is 19.2 Å². The van der Waals surface area contributed by atoms with E-state index in [2.05, 4.69) is 4.74 Å². The van der Waals surface area contributed by atoms with E-state index in [-0.39, 0.29) is 32.0 Å². The van der Waals surface area contributed by atoms with Crippen LogP contribution < -0.4 is 15.0 Å². The van der Waals surface area contributed by atoms with Crippen molar-refractivity contribution in [3.63, 3.8) is 0 Å². The van der Waals surface area contributed by atoms with E-state index in [9.17, 15) is 35.5 Å². The van der Waals surface area contributed by atoms with Crippen LogP contribution in [-0.2, 0) is 10.9 Å². The summed E-state index contributed by atoms with van der Waals surface area (Å²) in [5.41, 5.74) is -3.12. The van der Waals surface area contributed by atoms with Gasteiger partial charge in [-0.3, -0.25) is 4.79 Å². The third-order valence-corrected chi connectivity index (χ3v) is 4.58. The molecule has 2 aromatic rings. The van der Waals surface area contributed by atoms with Crippen molar-refractivity contribution in [2.45, 2.75) is 6.18 Å². The van der Waals surface area contributed by atoms with E-state index in [1.165, 1.54) is 0 Å². The molecule has 0 radical (unpaired) electrons. The van der Waals surface area contributed by atoms with Gasteiger partial charge in [-0.05, 0) is 18.2 Å². The number of rotatable bonds is 4. The first-order valence-electron chi connectivity index (χ1n) is 8.81. The van der Waals surface area contributed by atoms with Gasteiger partial charge in [0.25, 0.3) is 5.91 Å². The number of ether oxygens (including phenoxy) is 2. The molecule has 0 atom stereocenters. The number of amides is 1. The topological polar surface area (TPSA) is 50.8 Å². The summed E-state index contributed by atoms with van der Waals surface area (Å²) in [4.78, 5) is 14.1. The molecule has 3 rings (SSSR count). The molecular weight excluding hydrogens is 437 g/mol. The van der Waals surface area contributed by atoms with Gasteiger partial charge in [0.05, 0.1) is 37.3 Å². The number of nitrogens with one attached hydrogen (secondary N) is 1. The highest BCUT2D eigenvalue weighted by Gasteiger charge is 2.33. The van der Waals surface area contributed by atoms with Crippen LogP contribution in [0.15, 0.2) is 18.2 Å². The van der Waals surface area contributed by atoms with Gasteiger partial charge in [-0.2, -0.15) is 22.0 Å². The van der Waals surface area contributed by atoms with E-state index >= 15 is 0 Å². The number of nitrogens with zero attached hydrogens (tertiary/aromatic N) is 1. The van der Waals surface area contributed by atoms with Crippen molar-refractivity contribution < 1.29 is 45.0 Å². The van der Waals surface area contributed by atoms with Crippen molar-refractivity contribution >= 4 is 17.3 Å². The van der Waals surface area contributed by atoms with Crippen LogP contribution in [0.5, 0.6) is 5.75 Å². The molecule has 0 saturated carbocycles. The van der Waals surface area contributed by atoms with Crippen molar-refractivity contribution in [1.82, 2.24) is 0 Å². The van der Waals surface area contributed by atoms with Crippen LogP contribution in [0, 0.1) is 23.3 Å². The average molecular weight is 452 g/mol. The van der Waals surface area contributed by atoms with Crippen LogP contribution in [0.25, 0.3) is 0 Å². The predicted molar refractivity (Wildman–Crippen MR) is 95.3 cm³/mol. The van der Waals surface area contributed by atoms with E-state index in [1.54, 1.807) is 4.90 Å². The van der Waals surface area contributed by atoms with Crippen LogP contribution in [0.1, 0.15) is 15.9 Å². The molecule has 5 nitrogen and oxygen atoms in total. The lowest BCUT2D eigenvalue weighted by molar-refractivity contribution is -0.137. The number of anilines is 2. The zero-order chi connectivity index (χ0) is 22.9. The lowest BCUT2D eigenvalue weighted by Gasteiger charge is -2.31. The molecule has 0 aliphatic carbocycles. The Morgan fingerprint density at radius 1 is 1.03 bits per heavy atom. The number of halogens is 7. The first-order valence-corrected chi connectivity index (χ1v) is 8.81. The molecular formula is C19H15F7N2O3. The number of hydrogen-bond acceptors (Lipinski definition) is 4. The van der Waals surface area contributed by atoms with E-state index in [0.29, 0.717) is 6.07 Å². The monoisotopic (exact) mass is 452 g/mol. The highest BCUT2D eigenvalue weighted by atomic mass is 19.4. The van der Waals surface area contributed by atoms with Gasteiger partial charge in [0.15, 0.2) is 17.4 Å². The number of carbonyl (C=O) groups excluding carboxylic acids is 1. The fourth-order valence-electron chi connectivity index (χ4n) is 3.07. The second-order valence-electron chi connectivity index (χ2n) is 6.45. The molecule has 1 N–H and O–H groups in total. The maximum absolute atomic E-state index is 14.2. The van der Waals surface area contributed by atoms with Gasteiger partial charge in [0, 0.05) is 13.1 Å². The quantitative estimate of drug-likeness (QED) is 0.554. The summed E-state index contributed by atoms with van der Waals surface area (Å²) in [6.07, 6.45) is -4.78. The number of carbonyl (C=O) groups is 1. The molecule has 0 unspecified atom stereocenters. The Hall–Kier alpha value is -3.02. The SMILES string of the molecule is COc1c(F)c(F)c(C(=O)Nc2cc(C(F)(F)F)ccc2N2CCOCC2)c(F)c1F. The van der Waals surface area contributed by atoms with Gasteiger partial charge in [0.1, 0.15) is 5.56 Å². The summed E-state index contributed by atoms with van der Waals surface area (Å²) in [5, 5.41) is 1.93. The van der Waals surface area contributed by atoms with E-state index < -0.39 is 57.9 Å². The van der Waals surface area contributed by atoms with Gasteiger partial charge in [-0.1, -0.05) is 0 Å². The molecule has 2 aromatic carbocycles. The molecule has 1 heterocycles. The number of benzene rings is 2. The zero-order valence-electron chi connectivity index (χ0n) is 15.9. The lowest BCUT2D eigenvalue weighted by atomic mass is 10.1. The Labute approximate surface area is 171 Å². The molecule has 12 heteroatoms. The minimum absolute atomic E-state index is 0.111. The smallest absolute Gasteiger partial charge is 0.416 e. The van der Waals surface area contributed by atoms with Gasteiger partial charge in [-0.15, -0.1) is 0 Å². The van der Waals surface area contributed by atoms with Crippen molar-refractivity contribution in [1.29, 1.82) is 0 Å². The number of methoxy groups -OCH3 is 1. The Morgan fingerprint density at radius 2 is 1.61 bits per heavy atom. The summed E-state index contributed by atoms with van der Waals surface area (Å²) < 4.78 is 105. The van der Waals surface area contributed by atoms with Crippen LogP contribution >= 0.6 is 0 Å². The zero-order valence-corrected chi connectivity index (χ0v) is 15.9. The highest BCUT2D eigenvalue weighted by molar-refractivity contribution is 6.06. The van der Waals surface area contributed by atoms with E-state index in [4.69, 9.17) is 4.74 Å². The molecule has 0 spiro atoms. The van der Waals surface area contributed by atoms with Gasteiger partial charge in [0.2, 0.25) is 11.6 Å². The third kappa shape index (κ3) is 4.38. The van der Waals surface area contributed by atoms with Gasteiger partial charge in [-0.25, -0.2) is 8.78 Å². The van der Waals surface area contributed by atoms with Crippen molar-refractivity contribution in [2.24, 2.45) is 0 Å². The summed E-state index contributed by atoms with van der Waals surface area (Å²) in [6.45, 7) is 1.05. The average Bonchev–Trinajstić information content (AvgIpc) is 2.73. The normalized spacial score (nSPS) is 14.5. The van der Waals surface area contributed by atoms with Gasteiger partial charge < -0.3 is 19.7 Å². The number of alkyl halides is 3. The first kappa shape index (κ1) is 22.7. The summed E-state index contributed by atoms with van der Waals surface area (Å²) in [6, 6.07) is 2.41. The highest BCUT2D eigenvalue weighted by Crippen LogP contribution is 2.37. The minimum Gasteiger partial charge on any atom is -0.491 e. The minimum atomic E-state index is -4.78. The second kappa shape index (κ2) is 8.61. The Kier molecular flexibility index (Phi) is 6.30. The molecule has 1 aliphatic heterocycles. The molecule has 1 aliphatic rings. The summed E-state index contributed by atoms with van der Waals surface area (Å²) in [7, 11) is 0.761. The maximum Gasteiger partial charge on any atom is 0.416 e. The molecule has 1 saturated heterocycles. The fraction of sp³-hybridized carbons (Fsp3) is 0.316. The lowest BCUT2D eigenvalue weighted by Crippen LogP contribution is -2.37. The molecule has 0 bridgehead atoms. The number of hydrogen-bond donors (Lipinski definition) is 1. The van der Waals surface area contributed by atoms with Crippen LogP contribution in [-0.4, -0.2) is 39.3 Å². The van der Waals surface area contributed by atoms with Crippen LogP contribution in [0.2, 0.25) is 0 Å². The van der Waals surface area contributed by atoms with E-state index in [1.807, 2.05) is 5.32 Å². The van der Waals surface area contributed by atoms with Crippen molar-refractivity contribution in [3.8, 4) is 5.75 Å². The van der Waals surface area contributed by atoms with Crippen molar-refractivity contribution in [3.05, 3.63) is 52.6 Å². The van der Waals surface area contributed by atoms with Crippen LogP contribution in [0.4, 0.5) is 42.1 Å². The Bertz CT molecular complexity index is 976. The maximum atomic E-state index is 14.2. The molecule has 1 amide bonds. The standard InChI is InChI=1S/C19H15F7N2O3/c1-30-17-15(22)13(20)12(14(21)16(17)23)18(29)27-10-8-9(19(24,25)26)2-3-11(10)28-4-6-31-7-5-28/h2-3,8H,4-7H2,1H3,(H,27,29). The summed E-state index contributed by atoms with van der Waals surface area (Å²) in [5.74, 6) is -11.1. The predicted octanol–water partition coefficient (Wildman–Crippen LogP) is 4.36. The molecule has 1 fully saturated rings. The third-order valence-electron chi connectivity index (χ3n) is 4.58. The Morgan fingerprint density at radius 3 is 2.13 bits per heavy atom. The Balaban J connectivity index is 2.06. The molecule has 168 valence electrons. The van der Waals surface area contributed by atoms with Gasteiger partial charge >= 0.3 is 6.18 Å². The first-order chi connectivity index (χ1) is 14.6. The van der Waals surface area contributed by atoms with Crippen LogP contribution in [0.3, 0.4) is 0 Å².